The number of nitrogens with zero attached hydrogens (tertiary/aromatic N) is 3. The van der Waals surface area contributed by atoms with E-state index < -0.39 is 0 Å². The number of nitrogens with one attached hydrogen (secondary N) is 1. The number of hydrogen-bond acceptors (Lipinski definition) is 2. The normalized spacial score (nSPS) is 14.1. The van der Waals surface area contributed by atoms with Gasteiger partial charge in [0, 0.05) is 33.7 Å². The number of guanidine groups is 1. The molecule has 0 radical (unpaired) electrons. The van der Waals surface area contributed by atoms with Crippen molar-refractivity contribution in [2.75, 3.05) is 33.7 Å². The number of fused-ring (bicyclic) bond motifs is 1. The monoisotopic (exact) mass is 328 g/mol. The van der Waals surface area contributed by atoms with Crippen molar-refractivity contribution in [3.63, 3.8) is 0 Å². The Morgan fingerprint density at radius 3 is 2.88 bits per heavy atom. The zero-order valence-electron chi connectivity index (χ0n) is 14.8. The molecule has 0 spiro atoms. The Bertz CT molecular complexity index is 597. The number of amides is 1. The molecule has 0 aromatic heterocycles. The highest BCUT2D eigenvalue weighted by Gasteiger charge is 2.20. The van der Waals surface area contributed by atoms with Gasteiger partial charge in [0.1, 0.15) is 0 Å². The number of carbonyl (C=O) groups excluding carboxylic acids is 1. The maximum absolute atomic E-state index is 12.5. The lowest BCUT2D eigenvalue weighted by Crippen LogP contribution is -2.46. The molecule has 0 bridgehead atoms. The predicted octanol–water partition coefficient (Wildman–Crippen LogP) is 2.04. The number of rotatable bonds is 6. The van der Waals surface area contributed by atoms with Crippen molar-refractivity contribution in [1.29, 1.82) is 0 Å². The lowest BCUT2D eigenvalue weighted by Gasteiger charge is -2.29. The molecule has 1 N–H and O–H groups in total. The zero-order valence-corrected chi connectivity index (χ0v) is 14.8. The fourth-order valence-corrected chi connectivity index (χ4v) is 2.94. The van der Waals surface area contributed by atoms with Gasteiger partial charge in [0.05, 0.1) is 6.54 Å². The van der Waals surface area contributed by atoms with E-state index in [1.807, 2.05) is 29.0 Å². The third kappa shape index (κ3) is 4.85. The van der Waals surface area contributed by atoms with E-state index in [1.165, 1.54) is 11.1 Å². The number of allylic oxidation sites excluding steroid dienone is 1. The maximum Gasteiger partial charge on any atom is 0.242 e. The fraction of sp³-hybridized carbons (Fsp3) is 0.474. The van der Waals surface area contributed by atoms with Crippen LogP contribution in [0.2, 0.25) is 0 Å². The summed E-state index contributed by atoms with van der Waals surface area (Å²) in [5.74, 6) is 0.870. The van der Waals surface area contributed by atoms with Crippen LogP contribution in [0.15, 0.2) is 41.9 Å². The van der Waals surface area contributed by atoms with Crippen molar-refractivity contribution in [1.82, 2.24) is 15.1 Å². The van der Waals surface area contributed by atoms with Gasteiger partial charge in [-0.15, -0.1) is 6.58 Å². The van der Waals surface area contributed by atoms with Crippen LogP contribution in [-0.2, 0) is 17.8 Å². The van der Waals surface area contributed by atoms with Crippen LogP contribution in [0.5, 0.6) is 0 Å². The average molecular weight is 328 g/mol. The highest BCUT2D eigenvalue weighted by Crippen LogP contribution is 2.18. The predicted molar refractivity (Wildman–Crippen MR) is 99.0 cm³/mol. The summed E-state index contributed by atoms with van der Waals surface area (Å²) in [7, 11) is 3.73. The van der Waals surface area contributed by atoms with E-state index in [1.54, 1.807) is 7.05 Å². The van der Waals surface area contributed by atoms with Crippen LogP contribution < -0.4 is 5.32 Å². The highest BCUT2D eigenvalue weighted by molar-refractivity contribution is 5.86. The highest BCUT2D eigenvalue weighted by atomic mass is 16.2. The molecule has 5 heteroatoms. The summed E-state index contributed by atoms with van der Waals surface area (Å²) >= 11 is 0. The number of benzene rings is 1. The summed E-state index contributed by atoms with van der Waals surface area (Å²) in [6.45, 7) is 6.38. The summed E-state index contributed by atoms with van der Waals surface area (Å²) in [5, 5.41) is 3.18. The second-order valence-electron chi connectivity index (χ2n) is 6.09. The van der Waals surface area contributed by atoms with Gasteiger partial charge in [0.2, 0.25) is 5.91 Å². The van der Waals surface area contributed by atoms with Gasteiger partial charge in [-0.05, 0) is 30.4 Å². The molecule has 130 valence electrons. The van der Waals surface area contributed by atoms with Crippen molar-refractivity contribution in [2.45, 2.75) is 25.8 Å². The van der Waals surface area contributed by atoms with Gasteiger partial charge >= 0.3 is 0 Å². The zero-order chi connectivity index (χ0) is 17.4. The second kappa shape index (κ2) is 9.11. The standard InChI is InChI=1S/C19H28N4O/c1-4-5-8-12-22(3)19(20-2)21-14-18(24)23-13-11-16-9-6-7-10-17(16)15-23/h4,6-7,9-10H,1,5,8,11-15H2,2-3H3,(H,20,21). The average Bonchev–Trinajstić information content (AvgIpc) is 2.61. The number of hydrogen-bond donors (Lipinski definition) is 1. The van der Waals surface area contributed by atoms with Gasteiger partial charge in [-0.3, -0.25) is 9.79 Å². The third-order valence-electron chi connectivity index (χ3n) is 4.36. The molecular weight excluding hydrogens is 300 g/mol. The number of carbonyl (C=O) groups is 1. The molecule has 0 aliphatic carbocycles. The molecule has 1 aliphatic rings. The van der Waals surface area contributed by atoms with Crippen LogP contribution in [0.25, 0.3) is 0 Å². The van der Waals surface area contributed by atoms with Crippen molar-refractivity contribution in [3.05, 3.63) is 48.0 Å². The van der Waals surface area contributed by atoms with E-state index in [0.717, 1.165) is 38.3 Å². The van der Waals surface area contributed by atoms with E-state index in [-0.39, 0.29) is 12.5 Å². The molecule has 1 aliphatic heterocycles. The molecule has 0 fully saturated rings. The summed E-state index contributed by atoms with van der Waals surface area (Å²) in [6.07, 6.45) is 4.85. The summed E-state index contributed by atoms with van der Waals surface area (Å²) in [5.41, 5.74) is 2.61. The van der Waals surface area contributed by atoms with Gasteiger partial charge in [-0.1, -0.05) is 30.3 Å². The van der Waals surface area contributed by atoms with Crippen molar-refractivity contribution >= 4 is 11.9 Å². The maximum atomic E-state index is 12.5. The topological polar surface area (TPSA) is 47.9 Å². The molecular formula is C19H28N4O. The van der Waals surface area contributed by atoms with Crippen LogP contribution in [-0.4, -0.2) is 55.4 Å². The van der Waals surface area contributed by atoms with Gasteiger partial charge in [0.15, 0.2) is 5.96 Å². The van der Waals surface area contributed by atoms with Crippen LogP contribution in [0.3, 0.4) is 0 Å². The summed E-state index contributed by atoms with van der Waals surface area (Å²) < 4.78 is 0. The molecule has 1 amide bonds. The molecule has 24 heavy (non-hydrogen) atoms. The van der Waals surface area contributed by atoms with Crippen LogP contribution >= 0.6 is 0 Å². The van der Waals surface area contributed by atoms with E-state index in [2.05, 4.69) is 35.1 Å². The molecule has 0 unspecified atom stereocenters. The summed E-state index contributed by atoms with van der Waals surface area (Å²) in [6, 6.07) is 8.35. The Labute approximate surface area is 145 Å². The molecule has 0 saturated heterocycles. The summed E-state index contributed by atoms with van der Waals surface area (Å²) in [4.78, 5) is 20.7. The van der Waals surface area contributed by atoms with Crippen LogP contribution in [0, 0.1) is 0 Å². The van der Waals surface area contributed by atoms with E-state index in [4.69, 9.17) is 0 Å². The molecule has 5 nitrogen and oxygen atoms in total. The smallest absolute Gasteiger partial charge is 0.242 e. The van der Waals surface area contributed by atoms with Crippen LogP contribution in [0.1, 0.15) is 24.0 Å². The van der Waals surface area contributed by atoms with Gasteiger partial charge in [0.25, 0.3) is 0 Å². The minimum Gasteiger partial charge on any atom is -0.347 e. The molecule has 1 aromatic carbocycles. The first-order chi connectivity index (χ1) is 11.7. The Balaban J connectivity index is 1.83. The van der Waals surface area contributed by atoms with Crippen LogP contribution in [0.4, 0.5) is 0 Å². The van der Waals surface area contributed by atoms with E-state index >= 15 is 0 Å². The Kier molecular flexibility index (Phi) is 6.85. The van der Waals surface area contributed by atoms with E-state index in [9.17, 15) is 4.79 Å². The lowest BCUT2D eigenvalue weighted by atomic mass is 10.00. The number of unbranched alkanes of at least 4 members (excludes halogenated alkanes) is 1. The minimum atomic E-state index is 0.116. The molecule has 0 atom stereocenters. The van der Waals surface area contributed by atoms with Gasteiger partial charge < -0.3 is 15.1 Å². The Morgan fingerprint density at radius 2 is 2.17 bits per heavy atom. The first-order valence-electron chi connectivity index (χ1n) is 8.53. The van der Waals surface area contributed by atoms with Gasteiger partial charge in [-0.2, -0.15) is 0 Å². The molecule has 1 aromatic rings. The SMILES string of the molecule is C=CCCCN(C)C(=NC)NCC(=O)N1CCc2ccccc2C1. The van der Waals surface area contributed by atoms with Crippen molar-refractivity contribution in [3.8, 4) is 0 Å². The third-order valence-corrected chi connectivity index (χ3v) is 4.36. The fourth-order valence-electron chi connectivity index (χ4n) is 2.94. The second-order valence-corrected chi connectivity index (χ2v) is 6.09. The largest absolute Gasteiger partial charge is 0.347 e. The molecule has 2 rings (SSSR count). The van der Waals surface area contributed by atoms with Crippen molar-refractivity contribution in [2.24, 2.45) is 4.99 Å². The quantitative estimate of drug-likeness (QED) is 0.376. The number of aliphatic imine (C=N–C) groups is 1. The molecule has 1 heterocycles. The first kappa shape index (κ1) is 18.0. The lowest BCUT2D eigenvalue weighted by molar-refractivity contribution is -0.130. The first-order valence-corrected chi connectivity index (χ1v) is 8.53. The van der Waals surface area contributed by atoms with Gasteiger partial charge in [-0.25, -0.2) is 0 Å². The van der Waals surface area contributed by atoms with E-state index in [0.29, 0.717) is 6.54 Å². The Morgan fingerprint density at radius 1 is 1.42 bits per heavy atom. The minimum absolute atomic E-state index is 0.116. The van der Waals surface area contributed by atoms with Crippen molar-refractivity contribution < 1.29 is 4.79 Å². The Hall–Kier alpha value is -2.30. The molecule has 0 saturated carbocycles.